The summed E-state index contributed by atoms with van der Waals surface area (Å²) in [6.45, 7) is 0.534. The Morgan fingerprint density at radius 2 is 1.83 bits per heavy atom. The largest absolute Gasteiger partial charge is 0.298 e. The minimum Gasteiger partial charge on any atom is -0.298 e. The third kappa shape index (κ3) is 3.91. The van der Waals surface area contributed by atoms with E-state index in [1.807, 2.05) is 30.3 Å². The summed E-state index contributed by atoms with van der Waals surface area (Å²) in [5, 5.41) is 7.77. The summed E-state index contributed by atoms with van der Waals surface area (Å²) in [5.41, 5.74) is 6.99. The quantitative estimate of drug-likeness (QED) is 0.709. The number of benzene rings is 2. The maximum absolute atomic E-state index is 12.8. The standard InChI is InChI=1S/C16H14FN5O/c17-13-6-8-14(9-7-13)18-20-16(23)15-11-22(21-19-15)10-12-4-2-1-3-5-12/h1-9,11,18H,10H2,(H,20,23). The maximum Gasteiger partial charge on any atom is 0.291 e. The minimum absolute atomic E-state index is 0.190. The lowest BCUT2D eigenvalue weighted by atomic mass is 10.2. The molecule has 7 heteroatoms. The molecular weight excluding hydrogens is 297 g/mol. The Hall–Kier alpha value is -3.22. The van der Waals surface area contributed by atoms with Gasteiger partial charge in [0.2, 0.25) is 0 Å². The fourth-order valence-corrected chi connectivity index (χ4v) is 1.98. The molecule has 0 unspecified atom stereocenters. The van der Waals surface area contributed by atoms with Crippen LogP contribution in [-0.2, 0) is 6.54 Å². The molecule has 1 amide bonds. The first-order valence-corrected chi connectivity index (χ1v) is 6.97. The van der Waals surface area contributed by atoms with Crippen molar-refractivity contribution in [2.24, 2.45) is 0 Å². The predicted octanol–water partition coefficient (Wildman–Crippen LogP) is 2.22. The molecule has 2 aromatic carbocycles. The highest BCUT2D eigenvalue weighted by atomic mass is 19.1. The van der Waals surface area contributed by atoms with Gasteiger partial charge in [-0.1, -0.05) is 35.5 Å². The topological polar surface area (TPSA) is 71.8 Å². The van der Waals surface area contributed by atoms with E-state index in [2.05, 4.69) is 21.2 Å². The second-order valence-electron chi connectivity index (χ2n) is 4.87. The second kappa shape index (κ2) is 6.69. The lowest BCUT2D eigenvalue weighted by molar-refractivity contribution is 0.0957. The van der Waals surface area contributed by atoms with E-state index in [0.29, 0.717) is 12.2 Å². The third-order valence-electron chi connectivity index (χ3n) is 3.12. The van der Waals surface area contributed by atoms with Gasteiger partial charge in [-0.25, -0.2) is 9.07 Å². The molecule has 0 spiro atoms. The van der Waals surface area contributed by atoms with Gasteiger partial charge in [0.15, 0.2) is 5.69 Å². The highest BCUT2D eigenvalue weighted by Crippen LogP contribution is 2.07. The monoisotopic (exact) mass is 311 g/mol. The van der Waals surface area contributed by atoms with Gasteiger partial charge in [-0.05, 0) is 29.8 Å². The number of hydrazine groups is 1. The Labute approximate surface area is 131 Å². The highest BCUT2D eigenvalue weighted by Gasteiger charge is 2.10. The number of rotatable bonds is 5. The molecular formula is C16H14FN5O. The summed E-state index contributed by atoms with van der Waals surface area (Å²) in [4.78, 5) is 12.0. The van der Waals surface area contributed by atoms with Crippen LogP contribution in [0.3, 0.4) is 0 Å². The van der Waals surface area contributed by atoms with Crippen LogP contribution in [0.5, 0.6) is 0 Å². The van der Waals surface area contributed by atoms with Crippen molar-refractivity contribution in [2.75, 3.05) is 5.43 Å². The SMILES string of the molecule is O=C(NNc1ccc(F)cc1)c1cn(Cc2ccccc2)nn1. The molecule has 1 heterocycles. The van der Waals surface area contributed by atoms with Crippen molar-refractivity contribution in [1.82, 2.24) is 20.4 Å². The molecule has 3 rings (SSSR count). The first-order valence-electron chi connectivity index (χ1n) is 6.97. The molecule has 0 bridgehead atoms. The van der Waals surface area contributed by atoms with Gasteiger partial charge in [0.1, 0.15) is 5.82 Å². The second-order valence-corrected chi connectivity index (χ2v) is 4.87. The Morgan fingerprint density at radius 3 is 2.57 bits per heavy atom. The van der Waals surface area contributed by atoms with E-state index >= 15 is 0 Å². The summed E-state index contributed by atoms with van der Waals surface area (Å²) in [6, 6.07) is 15.4. The predicted molar refractivity (Wildman–Crippen MR) is 83.1 cm³/mol. The van der Waals surface area contributed by atoms with Gasteiger partial charge in [-0.15, -0.1) is 5.10 Å². The fraction of sp³-hybridized carbons (Fsp3) is 0.0625. The number of hydrogen-bond donors (Lipinski definition) is 2. The van der Waals surface area contributed by atoms with E-state index in [0.717, 1.165) is 5.56 Å². The zero-order valence-electron chi connectivity index (χ0n) is 12.1. The number of nitrogens with zero attached hydrogens (tertiary/aromatic N) is 3. The number of halogens is 1. The Kier molecular flexibility index (Phi) is 4.28. The molecule has 0 radical (unpaired) electrons. The number of anilines is 1. The first-order chi connectivity index (χ1) is 11.2. The summed E-state index contributed by atoms with van der Waals surface area (Å²) in [7, 11) is 0. The molecule has 0 saturated heterocycles. The zero-order chi connectivity index (χ0) is 16.1. The van der Waals surface area contributed by atoms with Crippen molar-refractivity contribution in [2.45, 2.75) is 6.54 Å². The Morgan fingerprint density at radius 1 is 1.09 bits per heavy atom. The molecule has 0 aliphatic rings. The summed E-state index contributed by atoms with van der Waals surface area (Å²) < 4.78 is 14.4. The normalized spacial score (nSPS) is 10.3. The van der Waals surface area contributed by atoms with Gasteiger partial charge in [-0.3, -0.25) is 15.6 Å². The molecule has 6 nitrogen and oxygen atoms in total. The van der Waals surface area contributed by atoms with Crippen molar-refractivity contribution in [1.29, 1.82) is 0 Å². The van der Waals surface area contributed by atoms with Crippen molar-refractivity contribution in [3.8, 4) is 0 Å². The number of nitrogens with one attached hydrogen (secondary N) is 2. The van der Waals surface area contributed by atoms with Crippen LogP contribution < -0.4 is 10.9 Å². The van der Waals surface area contributed by atoms with E-state index in [9.17, 15) is 9.18 Å². The number of carbonyl (C=O) groups is 1. The molecule has 0 fully saturated rings. The minimum atomic E-state index is -0.423. The smallest absolute Gasteiger partial charge is 0.291 e. The van der Waals surface area contributed by atoms with Gasteiger partial charge in [0.25, 0.3) is 5.91 Å². The average molecular weight is 311 g/mol. The van der Waals surface area contributed by atoms with Crippen LogP contribution in [-0.4, -0.2) is 20.9 Å². The zero-order valence-corrected chi connectivity index (χ0v) is 12.1. The molecule has 0 atom stereocenters. The molecule has 0 aliphatic carbocycles. The number of amides is 1. The molecule has 23 heavy (non-hydrogen) atoms. The van der Waals surface area contributed by atoms with Crippen LogP contribution in [0.2, 0.25) is 0 Å². The van der Waals surface area contributed by atoms with Crippen LogP contribution in [0.15, 0.2) is 60.8 Å². The lowest BCUT2D eigenvalue weighted by Gasteiger charge is -2.06. The van der Waals surface area contributed by atoms with Crippen molar-refractivity contribution in [3.05, 3.63) is 77.9 Å². The molecule has 1 aromatic heterocycles. The fourth-order valence-electron chi connectivity index (χ4n) is 1.98. The first kappa shape index (κ1) is 14.7. The van der Waals surface area contributed by atoms with Gasteiger partial charge >= 0.3 is 0 Å². The van der Waals surface area contributed by atoms with Crippen LogP contribution in [0.25, 0.3) is 0 Å². The van der Waals surface area contributed by atoms with Crippen LogP contribution in [0.1, 0.15) is 16.1 Å². The molecule has 2 N–H and O–H groups in total. The van der Waals surface area contributed by atoms with Gasteiger partial charge in [0.05, 0.1) is 18.4 Å². The van der Waals surface area contributed by atoms with E-state index in [1.165, 1.54) is 24.3 Å². The number of aromatic nitrogens is 3. The van der Waals surface area contributed by atoms with E-state index in [4.69, 9.17) is 0 Å². The Bertz CT molecular complexity index is 786. The average Bonchev–Trinajstić information content (AvgIpc) is 3.03. The van der Waals surface area contributed by atoms with E-state index in [1.54, 1.807) is 10.9 Å². The molecule has 0 aliphatic heterocycles. The van der Waals surface area contributed by atoms with Crippen LogP contribution in [0.4, 0.5) is 10.1 Å². The van der Waals surface area contributed by atoms with Crippen molar-refractivity contribution in [3.63, 3.8) is 0 Å². The lowest BCUT2D eigenvalue weighted by Crippen LogP contribution is -2.29. The van der Waals surface area contributed by atoms with Crippen molar-refractivity contribution >= 4 is 11.6 Å². The molecule has 0 saturated carbocycles. The Balaban J connectivity index is 1.59. The number of carbonyl (C=O) groups excluding carboxylic acids is 1. The molecule has 116 valence electrons. The number of hydrogen-bond acceptors (Lipinski definition) is 4. The summed E-state index contributed by atoms with van der Waals surface area (Å²) >= 11 is 0. The highest BCUT2D eigenvalue weighted by molar-refractivity contribution is 5.92. The van der Waals surface area contributed by atoms with Gasteiger partial charge < -0.3 is 0 Å². The summed E-state index contributed by atoms with van der Waals surface area (Å²) in [6.07, 6.45) is 1.56. The van der Waals surface area contributed by atoms with Crippen molar-refractivity contribution < 1.29 is 9.18 Å². The van der Waals surface area contributed by atoms with Gasteiger partial charge in [-0.2, -0.15) is 0 Å². The molecule has 3 aromatic rings. The summed E-state index contributed by atoms with van der Waals surface area (Å²) in [5.74, 6) is -0.764. The third-order valence-corrected chi connectivity index (χ3v) is 3.12. The van der Waals surface area contributed by atoms with E-state index < -0.39 is 5.91 Å². The maximum atomic E-state index is 12.8. The van der Waals surface area contributed by atoms with Crippen LogP contribution >= 0.6 is 0 Å². The van der Waals surface area contributed by atoms with Crippen LogP contribution in [0, 0.1) is 5.82 Å². The van der Waals surface area contributed by atoms with E-state index in [-0.39, 0.29) is 11.5 Å². The van der Waals surface area contributed by atoms with Gasteiger partial charge in [0, 0.05) is 0 Å².